The highest BCUT2D eigenvalue weighted by Gasteiger charge is 2.25. The van der Waals surface area contributed by atoms with Crippen molar-refractivity contribution >= 4 is 23.3 Å². The molecule has 5 rings (SSSR count). The molecule has 0 atom stereocenters. The Kier molecular flexibility index (Phi) is 4.44. The Morgan fingerprint density at radius 3 is 2.52 bits per heavy atom. The second-order valence-electron chi connectivity index (χ2n) is 7.43. The Balaban J connectivity index is 1.48. The number of aromatic nitrogens is 4. The molecule has 1 aliphatic carbocycles. The van der Waals surface area contributed by atoms with Gasteiger partial charge in [-0.25, -0.2) is 4.98 Å². The Labute approximate surface area is 169 Å². The van der Waals surface area contributed by atoms with E-state index in [-0.39, 0.29) is 0 Å². The third kappa shape index (κ3) is 4.11. The van der Waals surface area contributed by atoms with Crippen LogP contribution in [0.5, 0.6) is 0 Å². The van der Waals surface area contributed by atoms with Gasteiger partial charge < -0.3 is 10.6 Å². The van der Waals surface area contributed by atoms with Crippen LogP contribution in [0.4, 0.5) is 23.3 Å². The maximum absolute atomic E-state index is 4.72. The molecule has 2 aromatic carbocycles. The molecule has 2 aromatic heterocycles. The third-order valence-electron chi connectivity index (χ3n) is 4.94. The van der Waals surface area contributed by atoms with E-state index in [0.717, 1.165) is 22.8 Å². The van der Waals surface area contributed by atoms with Gasteiger partial charge in [0.15, 0.2) is 5.82 Å². The number of aryl methyl sites for hydroxylation is 1. The molecule has 3 N–H and O–H groups in total. The van der Waals surface area contributed by atoms with Crippen LogP contribution in [0.1, 0.15) is 30.0 Å². The Hall–Kier alpha value is -3.67. The van der Waals surface area contributed by atoms with Crippen LogP contribution in [0.2, 0.25) is 0 Å². The summed E-state index contributed by atoms with van der Waals surface area (Å²) in [4.78, 5) is 9.38. The van der Waals surface area contributed by atoms with Crippen molar-refractivity contribution in [1.82, 2.24) is 20.2 Å². The van der Waals surface area contributed by atoms with E-state index in [9.17, 15) is 0 Å². The molecule has 144 valence electrons. The summed E-state index contributed by atoms with van der Waals surface area (Å²) in [5.41, 5.74) is 5.19. The van der Waals surface area contributed by atoms with Gasteiger partial charge in [-0.1, -0.05) is 42.5 Å². The first kappa shape index (κ1) is 17.4. The Bertz CT molecular complexity index is 1130. The van der Waals surface area contributed by atoms with Crippen molar-refractivity contribution in [2.45, 2.75) is 25.7 Å². The van der Waals surface area contributed by atoms with E-state index in [1.807, 2.05) is 48.5 Å². The minimum Gasteiger partial charge on any atom is -0.324 e. The first-order valence-electron chi connectivity index (χ1n) is 9.83. The summed E-state index contributed by atoms with van der Waals surface area (Å²) in [6, 6.07) is 22.3. The number of nitrogens with one attached hydrogen (secondary N) is 3. The molecule has 1 saturated carbocycles. The van der Waals surface area contributed by atoms with Crippen molar-refractivity contribution in [3.05, 3.63) is 78.0 Å². The number of rotatable bonds is 6. The fourth-order valence-electron chi connectivity index (χ4n) is 3.31. The minimum absolute atomic E-state index is 0.539. The Morgan fingerprint density at radius 1 is 0.862 bits per heavy atom. The van der Waals surface area contributed by atoms with Crippen LogP contribution < -0.4 is 10.6 Å². The van der Waals surface area contributed by atoms with Gasteiger partial charge in [0.1, 0.15) is 5.82 Å². The van der Waals surface area contributed by atoms with Crippen molar-refractivity contribution in [3.63, 3.8) is 0 Å². The zero-order valence-electron chi connectivity index (χ0n) is 16.2. The largest absolute Gasteiger partial charge is 0.324 e. The SMILES string of the molecule is Cc1cccc(Nc2nc(Nc3cc(C4CC4)[nH]n3)cc(-c3ccccc3)n2)c1. The van der Waals surface area contributed by atoms with Crippen LogP contribution in [0.15, 0.2) is 66.7 Å². The van der Waals surface area contributed by atoms with Crippen LogP contribution in [0.25, 0.3) is 11.3 Å². The molecule has 0 spiro atoms. The molecule has 6 nitrogen and oxygen atoms in total. The molecule has 0 radical (unpaired) electrons. The molecule has 0 unspecified atom stereocenters. The van der Waals surface area contributed by atoms with Crippen LogP contribution in [-0.4, -0.2) is 20.2 Å². The van der Waals surface area contributed by atoms with Gasteiger partial charge >= 0.3 is 0 Å². The maximum atomic E-state index is 4.72. The maximum Gasteiger partial charge on any atom is 0.229 e. The van der Waals surface area contributed by atoms with Crippen molar-refractivity contribution in [2.24, 2.45) is 0 Å². The summed E-state index contributed by atoms with van der Waals surface area (Å²) in [5.74, 6) is 2.63. The number of hydrogen-bond donors (Lipinski definition) is 3. The van der Waals surface area contributed by atoms with Crippen molar-refractivity contribution in [2.75, 3.05) is 10.6 Å². The lowest BCUT2D eigenvalue weighted by molar-refractivity contribution is 0.966. The van der Waals surface area contributed by atoms with Crippen LogP contribution in [0, 0.1) is 6.92 Å². The summed E-state index contributed by atoms with van der Waals surface area (Å²) in [6.45, 7) is 2.06. The molecule has 6 heteroatoms. The van der Waals surface area contributed by atoms with E-state index in [4.69, 9.17) is 4.98 Å². The Morgan fingerprint density at radius 2 is 1.72 bits per heavy atom. The van der Waals surface area contributed by atoms with Gasteiger partial charge in [0.05, 0.1) is 5.69 Å². The molecule has 1 fully saturated rings. The first-order valence-corrected chi connectivity index (χ1v) is 9.83. The lowest BCUT2D eigenvalue weighted by Gasteiger charge is -2.11. The smallest absolute Gasteiger partial charge is 0.229 e. The summed E-state index contributed by atoms with van der Waals surface area (Å²) in [5, 5.41) is 14.2. The van der Waals surface area contributed by atoms with Gasteiger partial charge in [0.25, 0.3) is 0 Å². The van der Waals surface area contributed by atoms with Crippen LogP contribution >= 0.6 is 0 Å². The van der Waals surface area contributed by atoms with Gasteiger partial charge in [-0.15, -0.1) is 0 Å². The van der Waals surface area contributed by atoms with E-state index >= 15 is 0 Å². The molecule has 4 aromatic rings. The number of anilines is 4. The fraction of sp³-hybridized carbons (Fsp3) is 0.174. The molecule has 0 aliphatic heterocycles. The van der Waals surface area contributed by atoms with Crippen LogP contribution in [0.3, 0.4) is 0 Å². The fourth-order valence-corrected chi connectivity index (χ4v) is 3.31. The summed E-state index contributed by atoms with van der Waals surface area (Å²) < 4.78 is 0. The summed E-state index contributed by atoms with van der Waals surface area (Å²) in [6.07, 6.45) is 2.47. The predicted octanol–water partition coefficient (Wildman–Crippen LogP) is 5.54. The number of hydrogen-bond acceptors (Lipinski definition) is 5. The van der Waals surface area contributed by atoms with Gasteiger partial charge in [-0.2, -0.15) is 10.1 Å². The van der Waals surface area contributed by atoms with Gasteiger partial charge in [0.2, 0.25) is 5.95 Å². The summed E-state index contributed by atoms with van der Waals surface area (Å²) in [7, 11) is 0. The van der Waals surface area contributed by atoms with Gasteiger partial charge in [-0.3, -0.25) is 5.10 Å². The highest BCUT2D eigenvalue weighted by atomic mass is 15.2. The monoisotopic (exact) mass is 382 g/mol. The van der Waals surface area contributed by atoms with E-state index in [1.54, 1.807) is 0 Å². The number of H-pyrrole nitrogens is 1. The van der Waals surface area contributed by atoms with Gasteiger partial charge in [-0.05, 0) is 37.5 Å². The molecular formula is C23H22N6. The molecule has 29 heavy (non-hydrogen) atoms. The summed E-state index contributed by atoms with van der Waals surface area (Å²) >= 11 is 0. The first-order chi connectivity index (χ1) is 14.2. The average Bonchev–Trinajstić information content (AvgIpc) is 3.48. The van der Waals surface area contributed by atoms with E-state index in [0.29, 0.717) is 17.7 Å². The minimum atomic E-state index is 0.539. The van der Waals surface area contributed by atoms with E-state index in [2.05, 4.69) is 50.9 Å². The zero-order valence-corrected chi connectivity index (χ0v) is 16.2. The van der Waals surface area contributed by atoms with Crippen LogP contribution in [-0.2, 0) is 0 Å². The molecular weight excluding hydrogens is 360 g/mol. The average molecular weight is 382 g/mol. The topological polar surface area (TPSA) is 78.5 Å². The standard InChI is InChI=1S/C23H22N6/c1-15-6-5-9-18(12-15)24-23-25-19(16-7-3-2-4-8-16)13-21(27-23)26-22-14-20(28-29-22)17-10-11-17/h2-9,12-14,17H,10-11H2,1H3,(H3,24,25,26,27,28,29). The lowest BCUT2D eigenvalue weighted by atomic mass is 10.1. The second-order valence-corrected chi connectivity index (χ2v) is 7.43. The molecule has 1 aliphatic rings. The lowest BCUT2D eigenvalue weighted by Crippen LogP contribution is -2.02. The van der Waals surface area contributed by atoms with Crippen molar-refractivity contribution in [1.29, 1.82) is 0 Å². The highest BCUT2D eigenvalue weighted by Crippen LogP contribution is 2.39. The van der Waals surface area contributed by atoms with Gasteiger partial charge in [0, 0.05) is 35.0 Å². The van der Waals surface area contributed by atoms with Crippen molar-refractivity contribution < 1.29 is 0 Å². The molecule has 0 saturated heterocycles. The number of nitrogens with zero attached hydrogens (tertiary/aromatic N) is 3. The van der Waals surface area contributed by atoms with Crippen molar-refractivity contribution in [3.8, 4) is 11.3 Å². The quantitative estimate of drug-likeness (QED) is 0.408. The third-order valence-corrected chi connectivity index (χ3v) is 4.94. The predicted molar refractivity (Wildman–Crippen MR) is 116 cm³/mol. The normalized spacial score (nSPS) is 13.3. The highest BCUT2D eigenvalue weighted by molar-refractivity contribution is 5.68. The molecule has 2 heterocycles. The number of aromatic amines is 1. The zero-order chi connectivity index (χ0) is 19.6. The van der Waals surface area contributed by atoms with E-state index in [1.165, 1.54) is 24.1 Å². The second kappa shape index (κ2) is 7.39. The number of benzene rings is 2. The molecule has 0 amide bonds. The van der Waals surface area contributed by atoms with E-state index < -0.39 is 0 Å². The molecule has 0 bridgehead atoms.